The molecule has 0 radical (unpaired) electrons. The van der Waals surface area contributed by atoms with Gasteiger partial charge in [0.05, 0.1) is 4.90 Å². The van der Waals surface area contributed by atoms with Crippen LogP contribution in [0.5, 0.6) is 11.5 Å². The summed E-state index contributed by atoms with van der Waals surface area (Å²) in [6.45, 7) is 6.41. The van der Waals surface area contributed by atoms with Crippen LogP contribution in [0.4, 0.5) is 0 Å². The zero-order valence-electron chi connectivity index (χ0n) is 19.5. The van der Waals surface area contributed by atoms with E-state index in [0.29, 0.717) is 31.7 Å². The van der Waals surface area contributed by atoms with Gasteiger partial charge >= 0.3 is 0 Å². The number of rotatable bonds is 5. The van der Waals surface area contributed by atoms with Gasteiger partial charge in [-0.15, -0.1) is 0 Å². The fraction of sp³-hybridized carbons (Fsp3) is 0.480. The van der Waals surface area contributed by atoms with Crippen LogP contribution in [0.15, 0.2) is 41.3 Å². The lowest BCUT2D eigenvalue weighted by atomic mass is 10.1. The Morgan fingerprint density at radius 1 is 0.882 bits per heavy atom. The number of aryl methyl sites for hydroxylation is 1. The summed E-state index contributed by atoms with van der Waals surface area (Å²) in [7, 11) is -3.67. The van der Waals surface area contributed by atoms with Crippen LogP contribution in [0.2, 0.25) is 0 Å². The largest absolute Gasteiger partial charge is 0.454 e. The third kappa shape index (κ3) is 4.64. The molecule has 0 atom stereocenters. The molecule has 9 heteroatoms. The van der Waals surface area contributed by atoms with Crippen LogP contribution < -0.4 is 9.47 Å². The van der Waals surface area contributed by atoms with Gasteiger partial charge in [-0.25, -0.2) is 8.42 Å². The molecule has 8 nitrogen and oxygen atoms in total. The van der Waals surface area contributed by atoms with Crippen LogP contribution in [0.3, 0.4) is 0 Å². The highest BCUT2D eigenvalue weighted by molar-refractivity contribution is 7.89. The van der Waals surface area contributed by atoms with Crippen molar-refractivity contribution in [3.8, 4) is 11.5 Å². The molecule has 2 aromatic carbocycles. The lowest BCUT2D eigenvalue weighted by molar-refractivity contribution is 0.0723. The van der Waals surface area contributed by atoms with Gasteiger partial charge in [0.1, 0.15) is 0 Å². The predicted octanol–water partition coefficient (Wildman–Crippen LogP) is 2.86. The summed E-state index contributed by atoms with van der Waals surface area (Å²) in [5.74, 6) is 1.45. The molecule has 34 heavy (non-hydrogen) atoms. The molecule has 0 unspecified atom stereocenters. The first-order valence-electron chi connectivity index (χ1n) is 11.9. The second-order valence-corrected chi connectivity index (χ2v) is 11.1. The van der Waals surface area contributed by atoms with Crippen LogP contribution in [0.1, 0.15) is 40.7 Å². The van der Waals surface area contributed by atoms with Gasteiger partial charge in [0.15, 0.2) is 11.5 Å². The molecule has 0 aliphatic carbocycles. The number of ether oxygens (including phenoxy) is 2. The Morgan fingerprint density at radius 3 is 2.38 bits per heavy atom. The second kappa shape index (κ2) is 9.56. The van der Waals surface area contributed by atoms with Gasteiger partial charge in [-0.2, -0.15) is 4.31 Å². The van der Waals surface area contributed by atoms with Gasteiger partial charge in [-0.05, 0) is 61.6 Å². The maximum atomic E-state index is 13.4. The number of fused-ring (bicyclic) bond motifs is 1. The third-order valence-corrected chi connectivity index (χ3v) is 8.79. The molecule has 2 aromatic rings. The van der Waals surface area contributed by atoms with Gasteiger partial charge in [0.25, 0.3) is 5.91 Å². The highest BCUT2D eigenvalue weighted by Gasteiger charge is 2.30. The van der Waals surface area contributed by atoms with Crippen molar-refractivity contribution >= 4 is 15.9 Å². The number of hydrogen-bond donors (Lipinski definition) is 0. The van der Waals surface area contributed by atoms with E-state index < -0.39 is 10.0 Å². The fourth-order valence-corrected chi connectivity index (χ4v) is 6.28. The average molecular weight is 486 g/mol. The molecule has 5 rings (SSSR count). The van der Waals surface area contributed by atoms with Crippen LogP contribution in [0, 0.1) is 6.92 Å². The van der Waals surface area contributed by atoms with Gasteiger partial charge in [0.2, 0.25) is 16.8 Å². The molecule has 0 N–H and O–H groups in total. The van der Waals surface area contributed by atoms with Crippen LogP contribution in [-0.2, 0) is 16.6 Å². The molecule has 3 heterocycles. The van der Waals surface area contributed by atoms with Crippen LogP contribution in [-0.4, -0.2) is 74.5 Å². The van der Waals surface area contributed by atoms with Crippen molar-refractivity contribution in [1.82, 2.24) is 14.1 Å². The van der Waals surface area contributed by atoms with Crippen LogP contribution in [0.25, 0.3) is 0 Å². The van der Waals surface area contributed by atoms with Gasteiger partial charge in [0, 0.05) is 51.4 Å². The fourth-order valence-electron chi connectivity index (χ4n) is 4.83. The number of carbonyl (C=O) groups is 1. The quantitative estimate of drug-likeness (QED) is 0.648. The van der Waals surface area contributed by atoms with Crippen molar-refractivity contribution in [2.75, 3.05) is 46.1 Å². The molecule has 3 aliphatic rings. The summed E-state index contributed by atoms with van der Waals surface area (Å²) in [6.07, 6.45) is 3.14. The molecular weight excluding hydrogens is 454 g/mol. The van der Waals surface area contributed by atoms with Crippen molar-refractivity contribution in [2.45, 2.75) is 37.6 Å². The van der Waals surface area contributed by atoms with E-state index in [-0.39, 0.29) is 17.6 Å². The molecule has 3 aliphatic heterocycles. The first-order valence-corrected chi connectivity index (χ1v) is 13.4. The minimum absolute atomic E-state index is 0.0669. The monoisotopic (exact) mass is 485 g/mol. The van der Waals surface area contributed by atoms with E-state index in [1.165, 1.54) is 4.31 Å². The van der Waals surface area contributed by atoms with Crippen molar-refractivity contribution in [2.24, 2.45) is 0 Å². The number of carbonyl (C=O) groups excluding carboxylic acids is 1. The van der Waals surface area contributed by atoms with Crippen molar-refractivity contribution < 1.29 is 22.7 Å². The Labute approximate surface area is 201 Å². The Bertz CT molecular complexity index is 1170. The normalized spacial score (nSPS) is 19.4. The highest BCUT2D eigenvalue weighted by Crippen LogP contribution is 2.33. The molecule has 1 amide bonds. The molecule has 2 saturated heterocycles. The highest BCUT2D eigenvalue weighted by atomic mass is 32.2. The van der Waals surface area contributed by atoms with E-state index in [2.05, 4.69) is 4.90 Å². The predicted molar refractivity (Wildman–Crippen MR) is 128 cm³/mol. The Balaban J connectivity index is 1.25. The summed E-state index contributed by atoms with van der Waals surface area (Å²) in [4.78, 5) is 17.3. The first kappa shape index (κ1) is 23.1. The summed E-state index contributed by atoms with van der Waals surface area (Å²) in [5, 5.41) is 0. The summed E-state index contributed by atoms with van der Waals surface area (Å²) < 4.78 is 39.1. The SMILES string of the molecule is Cc1ccc(S(=O)(=O)N2CCN(Cc3ccc4c(c3)OCO4)CC2)cc1C(=O)N1CCCCC1. The molecule has 0 aromatic heterocycles. The first-order chi connectivity index (χ1) is 16.4. The maximum Gasteiger partial charge on any atom is 0.254 e. The van der Waals surface area contributed by atoms with E-state index in [4.69, 9.17) is 9.47 Å². The number of benzene rings is 2. The van der Waals surface area contributed by atoms with Crippen molar-refractivity contribution in [1.29, 1.82) is 0 Å². The standard InChI is InChI=1S/C25H31N3O5S/c1-19-5-7-21(16-22(19)25(29)27-9-3-2-4-10-27)34(30,31)28-13-11-26(12-14-28)17-20-6-8-23-24(15-20)33-18-32-23/h5-8,15-16H,2-4,9-14,17-18H2,1H3. The van der Waals surface area contributed by atoms with E-state index in [1.807, 2.05) is 30.0 Å². The minimum atomic E-state index is -3.67. The number of likely N-dealkylation sites (tertiary alicyclic amines) is 1. The van der Waals surface area contributed by atoms with Crippen LogP contribution >= 0.6 is 0 Å². The Hall–Kier alpha value is -2.62. The number of hydrogen-bond acceptors (Lipinski definition) is 6. The van der Waals surface area contributed by atoms with Crippen molar-refractivity contribution in [3.63, 3.8) is 0 Å². The number of sulfonamides is 1. The maximum absolute atomic E-state index is 13.4. The zero-order valence-corrected chi connectivity index (χ0v) is 20.3. The number of amides is 1. The number of piperidine rings is 1. The van der Waals surface area contributed by atoms with Gasteiger partial charge < -0.3 is 14.4 Å². The average Bonchev–Trinajstić information content (AvgIpc) is 3.33. The van der Waals surface area contributed by atoms with E-state index in [1.54, 1.807) is 18.2 Å². The van der Waals surface area contributed by atoms with Gasteiger partial charge in [-0.1, -0.05) is 12.1 Å². The molecule has 2 fully saturated rings. The van der Waals surface area contributed by atoms with E-state index in [9.17, 15) is 13.2 Å². The number of nitrogens with zero attached hydrogens (tertiary/aromatic N) is 3. The third-order valence-electron chi connectivity index (χ3n) is 6.89. The number of piperazine rings is 1. The van der Waals surface area contributed by atoms with Crippen molar-refractivity contribution in [3.05, 3.63) is 53.1 Å². The molecule has 0 saturated carbocycles. The molecule has 0 bridgehead atoms. The lowest BCUT2D eigenvalue weighted by Crippen LogP contribution is -2.48. The molecular formula is C25H31N3O5S. The zero-order chi connectivity index (χ0) is 23.7. The Morgan fingerprint density at radius 2 is 1.62 bits per heavy atom. The lowest BCUT2D eigenvalue weighted by Gasteiger charge is -2.34. The van der Waals surface area contributed by atoms with Gasteiger partial charge in [-0.3, -0.25) is 9.69 Å². The molecule has 0 spiro atoms. The van der Waals surface area contributed by atoms with E-state index >= 15 is 0 Å². The second-order valence-electron chi connectivity index (χ2n) is 9.20. The topological polar surface area (TPSA) is 79.4 Å². The van der Waals surface area contributed by atoms with E-state index in [0.717, 1.165) is 61.5 Å². The smallest absolute Gasteiger partial charge is 0.254 e. The Kier molecular flexibility index (Phi) is 6.50. The summed E-state index contributed by atoms with van der Waals surface area (Å²) >= 11 is 0. The summed E-state index contributed by atoms with van der Waals surface area (Å²) in [6, 6.07) is 10.9. The summed E-state index contributed by atoms with van der Waals surface area (Å²) in [5.41, 5.74) is 2.41. The molecule has 182 valence electrons. The minimum Gasteiger partial charge on any atom is -0.454 e.